The Balaban J connectivity index is 1.33. The van der Waals surface area contributed by atoms with E-state index in [1.54, 1.807) is 4.68 Å². The molecule has 0 spiro atoms. The number of anilines is 1. The van der Waals surface area contributed by atoms with Gasteiger partial charge in [-0.05, 0) is 36.1 Å². The van der Waals surface area contributed by atoms with Crippen LogP contribution in [0.2, 0.25) is 0 Å². The minimum absolute atomic E-state index is 0.0591. The second-order valence-electron chi connectivity index (χ2n) is 7.72. The maximum atomic E-state index is 12.8. The summed E-state index contributed by atoms with van der Waals surface area (Å²) in [6, 6.07) is 8.01. The first-order valence-corrected chi connectivity index (χ1v) is 9.90. The van der Waals surface area contributed by atoms with E-state index >= 15 is 0 Å². The molecule has 1 saturated heterocycles. The molecule has 144 valence electrons. The highest BCUT2D eigenvalue weighted by atomic mass is 16.5. The molecule has 1 aromatic heterocycles. The predicted molar refractivity (Wildman–Crippen MR) is 104 cm³/mol. The maximum Gasteiger partial charge on any atom is 0.229 e. The molecule has 2 fully saturated rings. The lowest BCUT2D eigenvalue weighted by Crippen LogP contribution is -2.28. The predicted octanol–water partition coefficient (Wildman–Crippen LogP) is 2.82. The van der Waals surface area contributed by atoms with Gasteiger partial charge in [-0.25, -0.2) is 0 Å². The van der Waals surface area contributed by atoms with Crippen LogP contribution < -0.4 is 10.6 Å². The monoisotopic (exact) mass is 368 g/mol. The van der Waals surface area contributed by atoms with Crippen LogP contribution in [0.15, 0.2) is 36.7 Å². The normalized spacial score (nSPS) is 23.0. The van der Waals surface area contributed by atoms with Crippen molar-refractivity contribution in [1.29, 1.82) is 0 Å². The average Bonchev–Trinajstić information content (AvgIpc) is 3.42. The number of aromatic nitrogens is 2. The van der Waals surface area contributed by atoms with E-state index in [1.807, 2.05) is 43.7 Å². The van der Waals surface area contributed by atoms with Crippen molar-refractivity contribution in [3.8, 4) is 0 Å². The summed E-state index contributed by atoms with van der Waals surface area (Å²) in [6.07, 6.45) is 9.21. The van der Waals surface area contributed by atoms with E-state index in [4.69, 9.17) is 4.74 Å². The summed E-state index contributed by atoms with van der Waals surface area (Å²) in [7, 11) is 1.90. The number of carbonyl (C=O) groups is 1. The van der Waals surface area contributed by atoms with Gasteiger partial charge in [0.1, 0.15) is 0 Å². The zero-order valence-corrected chi connectivity index (χ0v) is 15.9. The third kappa shape index (κ3) is 4.39. The van der Waals surface area contributed by atoms with E-state index in [0.717, 1.165) is 23.4 Å². The zero-order chi connectivity index (χ0) is 18.6. The molecule has 1 aliphatic heterocycles. The highest BCUT2D eigenvalue weighted by molar-refractivity contribution is 5.93. The molecular weight excluding hydrogens is 340 g/mol. The zero-order valence-electron chi connectivity index (χ0n) is 15.9. The Morgan fingerprint density at radius 1 is 1.26 bits per heavy atom. The molecule has 6 nitrogen and oxygen atoms in total. The van der Waals surface area contributed by atoms with Gasteiger partial charge in [-0.3, -0.25) is 9.48 Å². The van der Waals surface area contributed by atoms with Crippen LogP contribution in [0.4, 0.5) is 5.69 Å². The van der Waals surface area contributed by atoms with Gasteiger partial charge in [0.2, 0.25) is 5.91 Å². The first-order valence-electron chi connectivity index (χ1n) is 9.90. The van der Waals surface area contributed by atoms with Crippen LogP contribution >= 0.6 is 0 Å². The Kier molecular flexibility index (Phi) is 5.55. The molecule has 27 heavy (non-hydrogen) atoms. The van der Waals surface area contributed by atoms with Gasteiger partial charge in [-0.15, -0.1) is 0 Å². The van der Waals surface area contributed by atoms with Gasteiger partial charge < -0.3 is 15.4 Å². The molecular formula is C21H28N4O2. The Hall–Kier alpha value is -2.18. The van der Waals surface area contributed by atoms with Gasteiger partial charge in [-0.1, -0.05) is 25.0 Å². The summed E-state index contributed by atoms with van der Waals surface area (Å²) in [6.45, 7) is 2.15. The summed E-state index contributed by atoms with van der Waals surface area (Å²) in [5.41, 5.74) is 3.10. The maximum absolute atomic E-state index is 12.8. The number of ether oxygens (including phenoxy) is 1. The molecule has 1 aromatic carbocycles. The van der Waals surface area contributed by atoms with E-state index in [0.29, 0.717) is 19.3 Å². The van der Waals surface area contributed by atoms with Crippen molar-refractivity contribution >= 4 is 11.6 Å². The van der Waals surface area contributed by atoms with E-state index in [2.05, 4.69) is 15.7 Å². The highest BCUT2D eigenvalue weighted by Gasteiger charge is 2.34. The molecule has 0 bridgehead atoms. The second-order valence-corrected chi connectivity index (χ2v) is 7.72. The van der Waals surface area contributed by atoms with E-state index in [1.165, 1.54) is 25.7 Å². The number of nitrogens with one attached hydrogen (secondary N) is 2. The van der Waals surface area contributed by atoms with Crippen molar-refractivity contribution in [1.82, 2.24) is 15.1 Å². The van der Waals surface area contributed by atoms with Crippen molar-refractivity contribution < 1.29 is 9.53 Å². The van der Waals surface area contributed by atoms with Gasteiger partial charge in [0.25, 0.3) is 0 Å². The number of benzene rings is 1. The molecule has 1 amide bonds. The molecule has 2 aromatic rings. The average molecular weight is 368 g/mol. The fourth-order valence-electron chi connectivity index (χ4n) is 4.12. The Bertz CT molecular complexity index is 765. The lowest BCUT2D eigenvalue weighted by Gasteiger charge is -2.17. The van der Waals surface area contributed by atoms with Crippen LogP contribution in [-0.2, 0) is 23.2 Å². The summed E-state index contributed by atoms with van der Waals surface area (Å²) >= 11 is 0. The number of aryl methyl sites for hydroxylation is 1. The van der Waals surface area contributed by atoms with E-state index in [9.17, 15) is 4.79 Å². The van der Waals surface area contributed by atoms with Gasteiger partial charge in [-0.2, -0.15) is 5.10 Å². The van der Waals surface area contributed by atoms with Crippen LogP contribution in [0, 0.1) is 5.92 Å². The van der Waals surface area contributed by atoms with Crippen LogP contribution in [0.25, 0.3) is 0 Å². The third-order valence-electron chi connectivity index (χ3n) is 5.71. The largest absolute Gasteiger partial charge is 0.374 e. The summed E-state index contributed by atoms with van der Waals surface area (Å²) in [5.74, 6) is 0.140. The van der Waals surface area contributed by atoms with Gasteiger partial charge in [0, 0.05) is 37.9 Å². The number of amides is 1. The van der Waals surface area contributed by atoms with Crippen LogP contribution in [0.1, 0.15) is 42.7 Å². The topological polar surface area (TPSA) is 68.2 Å². The van der Waals surface area contributed by atoms with Crippen molar-refractivity contribution in [3.63, 3.8) is 0 Å². The smallest absolute Gasteiger partial charge is 0.229 e. The molecule has 6 heteroatoms. The molecule has 0 unspecified atom stereocenters. The quantitative estimate of drug-likeness (QED) is 0.823. The summed E-state index contributed by atoms with van der Waals surface area (Å²) < 4.78 is 7.74. The molecule has 2 N–H and O–H groups in total. The fraction of sp³-hybridized carbons (Fsp3) is 0.524. The van der Waals surface area contributed by atoms with Crippen molar-refractivity contribution in [2.24, 2.45) is 13.0 Å². The molecule has 1 saturated carbocycles. The molecule has 4 rings (SSSR count). The Morgan fingerprint density at radius 2 is 2.04 bits per heavy atom. The third-order valence-corrected chi connectivity index (χ3v) is 5.71. The molecule has 0 radical (unpaired) electrons. The summed E-state index contributed by atoms with van der Waals surface area (Å²) in [4.78, 5) is 12.8. The standard InChI is InChI=1S/C21H28N4O2/c1-25-13-16(10-23-25)19-11-22-12-20(19)21(26)24-17-8-6-15(7-9-17)14-27-18-4-2-3-5-18/h6-10,13,18-20,22H,2-5,11-12,14H2,1H3,(H,24,26)/t19-,20+/m1/s1. The number of hydrogen-bond donors (Lipinski definition) is 2. The van der Waals surface area contributed by atoms with Crippen LogP contribution in [-0.4, -0.2) is 34.9 Å². The minimum Gasteiger partial charge on any atom is -0.374 e. The first kappa shape index (κ1) is 18.2. The van der Waals surface area contributed by atoms with Gasteiger partial charge in [0.15, 0.2) is 0 Å². The highest BCUT2D eigenvalue weighted by Crippen LogP contribution is 2.29. The second kappa shape index (κ2) is 8.23. The SMILES string of the molecule is Cn1cc([C@H]2CNC[C@@H]2C(=O)Nc2ccc(COC3CCCC3)cc2)cn1. The van der Waals surface area contributed by atoms with Crippen molar-refractivity contribution in [3.05, 3.63) is 47.8 Å². The molecule has 2 aliphatic rings. The van der Waals surface area contributed by atoms with Crippen LogP contribution in [0.3, 0.4) is 0 Å². The van der Waals surface area contributed by atoms with Gasteiger partial charge in [0.05, 0.1) is 24.8 Å². The molecule has 2 heterocycles. The Labute approximate surface area is 160 Å². The molecule has 1 aliphatic carbocycles. The lowest BCUT2D eigenvalue weighted by atomic mass is 9.90. The number of nitrogens with zero attached hydrogens (tertiary/aromatic N) is 2. The fourth-order valence-corrected chi connectivity index (χ4v) is 4.12. The Morgan fingerprint density at radius 3 is 2.74 bits per heavy atom. The summed E-state index contributed by atoms with van der Waals surface area (Å²) in [5, 5.41) is 10.6. The van der Waals surface area contributed by atoms with Crippen LogP contribution in [0.5, 0.6) is 0 Å². The lowest BCUT2D eigenvalue weighted by molar-refractivity contribution is -0.119. The first-order chi connectivity index (χ1) is 13.2. The number of rotatable bonds is 6. The van der Waals surface area contributed by atoms with E-state index in [-0.39, 0.29) is 17.7 Å². The van der Waals surface area contributed by atoms with Crippen molar-refractivity contribution in [2.45, 2.75) is 44.3 Å². The van der Waals surface area contributed by atoms with E-state index < -0.39 is 0 Å². The number of hydrogen-bond acceptors (Lipinski definition) is 4. The number of carbonyl (C=O) groups excluding carboxylic acids is 1. The molecule has 2 atom stereocenters. The van der Waals surface area contributed by atoms with Crippen molar-refractivity contribution in [2.75, 3.05) is 18.4 Å². The van der Waals surface area contributed by atoms with Gasteiger partial charge >= 0.3 is 0 Å². The minimum atomic E-state index is -0.0837.